The summed E-state index contributed by atoms with van der Waals surface area (Å²) in [5, 5.41) is 5.42. The Morgan fingerprint density at radius 1 is 0.500 bits per heavy atom. The van der Waals surface area contributed by atoms with Crippen molar-refractivity contribution in [3.05, 3.63) is 146 Å². The summed E-state index contributed by atoms with van der Waals surface area (Å²) in [7, 11) is 0. The molecule has 0 nitrogen and oxygen atoms in total. The fourth-order valence-electron chi connectivity index (χ4n) is 4.95. The third-order valence-electron chi connectivity index (χ3n) is 6.39. The summed E-state index contributed by atoms with van der Waals surface area (Å²) in [6.07, 6.45) is 0. The van der Waals surface area contributed by atoms with Gasteiger partial charge in [0.1, 0.15) is 0 Å². The quantitative estimate of drug-likeness (QED) is 0.193. The van der Waals surface area contributed by atoms with E-state index in [0.29, 0.717) is 0 Å². The minimum atomic E-state index is 0. The fraction of sp³-hybridized carbons (Fsp3) is 0.111. The molecule has 0 saturated heterocycles. The molecule has 0 aliphatic carbocycles. The molecule has 0 aliphatic heterocycles. The van der Waals surface area contributed by atoms with Crippen molar-refractivity contribution in [1.82, 2.24) is 0 Å². The van der Waals surface area contributed by atoms with E-state index in [0.717, 1.165) is 0 Å². The van der Waals surface area contributed by atoms with Gasteiger partial charge in [0.15, 0.2) is 0 Å². The molecule has 0 bridgehead atoms. The second kappa shape index (κ2) is 17.6. The van der Waals surface area contributed by atoms with E-state index in [2.05, 4.69) is 144 Å². The van der Waals surface area contributed by atoms with E-state index in [-0.39, 0.29) is 39.7 Å². The van der Waals surface area contributed by atoms with Gasteiger partial charge in [-0.15, -0.1) is 56.9 Å². The van der Waals surface area contributed by atoms with Crippen LogP contribution in [-0.2, 0) is 23.3 Å². The predicted octanol–water partition coefficient (Wildman–Crippen LogP) is 4.21. The van der Waals surface area contributed by atoms with Crippen LogP contribution >= 0.6 is 0 Å². The Morgan fingerprint density at radius 2 is 0.825 bits per heavy atom. The van der Waals surface area contributed by atoms with E-state index in [4.69, 9.17) is 0 Å². The monoisotopic (exact) mass is 656 g/mol. The second-order valence-electron chi connectivity index (χ2n) is 9.43. The first-order valence-electron chi connectivity index (χ1n) is 12.2. The normalized spacial score (nSPS) is 9.45. The first-order chi connectivity index (χ1) is 17.5. The van der Waals surface area contributed by atoms with Crippen molar-refractivity contribution < 1.29 is 48.1 Å². The van der Waals surface area contributed by atoms with Gasteiger partial charge in [-0.3, -0.25) is 0 Å². The summed E-state index contributed by atoms with van der Waals surface area (Å²) in [4.78, 5) is 0. The van der Waals surface area contributed by atoms with Gasteiger partial charge in [0, 0.05) is 0 Å². The van der Waals surface area contributed by atoms with Crippen LogP contribution < -0.4 is 24.8 Å². The van der Waals surface area contributed by atoms with Crippen molar-refractivity contribution in [2.45, 2.75) is 27.7 Å². The van der Waals surface area contributed by atoms with Gasteiger partial charge < -0.3 is 39.7 Å². The zero-order chi connectivity index (χ0) is 25.7. The molecular weight excluding hydrogens is 623 g/mol. The molecule has 0 fully saturated rings. The average molecular weight is 659 g/mol. The van der Waals surface area contributed by atoms with Crippen molar-refractivity contribution in [2.75, 3.05) is 0 Å². The molecule has 40 heavy (non-hydrogen) atoms. The Labute approximate surface area is 271 Å². The maximum atomic E-state index is 3.06. The third-order valence-corrected chi connectivity index (χ3v) is 6.39. The van der Waals surface area contributed by atoms with Crippen LogP contribution in [0.1, 0.15) is 22.3 Å². The van der Waals surface area contributed by atoms with Gasteiger partial charge in [0.25, 0.3) is 0 Å². The summed E-state index contributed by atoms with van der Waals surface area (Å²) >= 11 is 1.36. The molecule has 0 unspecified atom stereocenters. The van der Waals surface area contributed by atoms with E-state index in [9.17, 15) is 0 Å². The molecule has 0 aromatic heterocycles. The van der Waals surface area contributed by atoms with Crippen molar-refractivity contribution in [2.24, 2.45) is 0 Å². The summed E-state index contributed by atoms with van der Waals surface area (Å²) in [6, 6.07) is 39.4. The Morgan fingerprint density at radius 3 is 1.15 bits per heavy atom. The average Bonchev–Trinajstić information content (AvgIpc) is 3.46. The zero-order valence-electron chi connectivity index (χ0n) is 24.1. The van der Waals surface area contributed by atoms with Gasteiger partial charge in [-0.25, -0.2) is 0 Å². The molecule has 6 aromatic carbocycles. The molecule has 6 aromatic rings. The SMILES string of the molecule is Cc1cc(-c2ccccc2)c2cc(C)[cH-]c2c1.Cc1cc(-c2ccccc2)c2cc(C)[cH-]c2c1.[CH3-].[CH3-].[Cl-].[Cl-].[Si]=[Zr+2]. The van der Waals surface area contributed by atoms with Crippen LogP contribution in [0.5, 0.6) is 0 Å². The summed E-state index contributed by atoms with van der Waals surface area (Å²) in [5.41, 5.74) is 10.6. The van der Waals surface area contributed by atoms with Crippen LogP contribution in [0.4, 0.5) is 0 Å². The van der Waals surface area contributed by atoms with E-state index in [1.54, 1.807) is 0 Å². The van der Waals surface area contributed by atoms with Gasteiger partial charge in [-0.05, 0) is 25.0 Å². The Hall–Kier alpha value is -2.22. The van der Waals surface area contributed by atoms with Crippen LogP contribution in [0, 0.1) is 42.5 Å². The number of hydrogen-bond donors (Lipinski definition) is 0. The molecule has 0 atom stereocenters. The first-order valence-corrected chi connectivity index (χ1v) is 16.4. The number of halogens is 2. The van der Waals surface area contributed by atoms with E-state index in [1.807, 2.05) is 0 Å². The van der Waals surface area contributed by atoms with Crippen LogP contribution in [0.15, 0.2) is 109 Å². The summed E-state index contributed by atoms with van der Waals surface area (Å²) < 4.78 is 0. The topological polar surface area (TPSA) is 0 Å². The molecule has 0 spiro atoms. The molecule has 2 radical (unpaired) electrons. The van der Waals surface area contributed by atoms with Gasteiger partial charge in [-0.2, -0.15) is 12.1 Å². The number of fused-ring (bicyclic) bond motifs is 2. The van der Waals surface area contributed by atoms with E-state index < -0.39 is 0 Å². The summed E-state index contributed by atoms with van der Waals surface area (Å²) in [6.45, 7) is 11.7. The molecule has 0 amide bonds. The number of aryl methyl sites for hydroxylation is 4. The van der Waals surface area contributed by atoms with Crippen molar-refractivity contribution in [3.63, 3.8) is 0 Å². The summed E-state index contributed by atoms with van der Waals surface area (Å²) in [5.74, 6) is 0. The molecule has 6 rings (SSSR count). The van der Waals surface area contributed by atoms with Gasteiger partial charge in [0.05, 0.1) is 0 Å². The number of benzene rings is 4. The standard InChI is InChI=1S/2C17H15.2CH3.2ClH.Si.Zr/c2*1-12-8-15-9-13(2)11-17(15)16(10-12)14-6-4-3-5-7-14;;;;;;/h2*3-11H,1-2H3;2*1H3;2*1H;;/q4*-1;;;;+2/p-2. The van der Waals surface area contributed by atoms with Gasteiger partial charge in [0.2, 0.25) is 0 Å². The van der Waals surface area contributed by atoms with Crippen LogP contribution in [-0.4, -0.2) is 6.88 Å². The molecule has 0 aliphatic rings. The van der Waals surface area contributed by atoms with Crippen LogP contribution in [0.3, 0.4) is 0 Å². The van der Waals surface area contributed by atoms with E-state index >= 15 is 0 Å². The Kier molecular flexibility index (Phi) is 16.6. The Bertz CT molecular complexity index is 1480. The molecule has 206 valence electrons. The Balaban J connectivity index is 0.000000655. The predicted molar refractivity (Wildman–Crippen MR) is 167 cm³/mol. The molecule has 0 heterocycles. The van der Waals surface area contributed by atoms with Crippen molar-refractivity contribution in [3.8, 4) is 22.3 Å². The van der Waals surface area contributed by atoms with Crippen LogP contribution in [0.25, 0.3) is 43.8 Å². The zero-order valence-corrected chi connectivity index (χ0v) is 29.1. The first kappa shape index (κ1) is 37.8. The van der Waals surface area contributed by atoms with E-state index in [1.165, 1.54) is 89.4 Å². The molecular formula is C36H36Cl2SiZr-4. The minimum absolute atomic E-state index is 0. The van der Waals surface area contributed by atoms with Crippen molar-refractivity contribution >= 4 is 28.4 Å². The molecule has 0 N–H and O–H groups in total. The van der Waals surface area contributed by atoms with Gasteiger partial charge >= 0.3 is 30.2 Å². The second-order valence-corrected chi connectivity index (χ2v) is 9.43. The number of hydrogen-bond acceptors (Lipinski definition) is 0. The third kappa shape index (κ3) is 8.89. The van der Waals surface area contributed by atoms with Gasteiger partial charge in [-0.1, -0.05) is 109 Å². The maximum absolute atomic E-state index is 3.06. The van der Waals surface area contributed by atoms with Crippen LogP contribution in [0.2, 0.25) is 0 Å². The molecule has 0 saturated carbocycles. The number of rotatable bonds is 2. The fourth-order valence-corrected chi connectivity index (χ4v) is 4.95. The molecule has 4 heteroatoms. The van der Waals surface area contributed by atoms with Crippen molar-refractivity contribution in [1.29, 1.82) is 0 Å².